The number of carbonyl (C=O) groups excluding carboxylic acids is 1. The molecule has 2 N–H and O–H groups in total. The van der Waals surface area contributed by atoms with Crippen LogP contribution in [0.25, 0.3) is 0 Å². The molecule has 0 saturated carbocycles. The fourth-order valence-electron chi connectivity index (χ4n) is 1.05. The van der Waals surface area contributed by atoms with Crippen LogP contribution >= 0.6 is 0 Å². The summed E-state index contributed by atoms with van der Waals surface area (Å²) in [5.41, 5.74) is 0.830. The fraction of sp³-hybridized carbons (Fsp3) is 0.571. The molecule has 0 radical (unpaired) electrons. The Bertz CT molecular complexity index is 165. The fourth-order valence-corrected chi connectivity index (χ4v) is 1.05. The van der Waals surface area contributed by atoms with E-state index in [0.717, 1.165) is 18.5 Å². The summed E-state index contributed by atoms with van der Waals surface area (Å²) in [6.07, 6.45) is 1.75. The molecule has 1 amide bonds. The van der Waals surface area contributed by atoms with Gasteiger partial charge >= 0.3 is 0 Å². The third-order valence-corrected chi connectivity index (χ3v) is 1.70. The highest BCUT2D eigenvalue weighted by molar-refractivity contribution is 5.84. The van der Waals surface area contributed by atoms with Crippen molar-refractivity contribution in [1.29, 1.82) is 0 Å². The van der Waals surface area contributed by atoms with Crippen molar-refractivity contribution in [3.05, 3.63) is 12.3 Å². The highest BCUT2D eigenvalue weighted by Gasteiger charge is 2.21. The molecule has 1 aliphatic rings. The first kappa shape index (κ1) is 7.28. The molecule has 0 aromatic rings. The van der Waals surface area contributed by atoms with Crippen molar-refractivity contribution < 1.29 is 4.79 Å². The maximum atomic E-state index is 11.0. The molecular weight excluding hydrogens is 128 g/mol. The van der Waals surface area contributed by atoms with Crippen LogP contribution in [0.2, 0.25) is 0 Å². The van der Waals surface area contributed by atoms with Crippen molar-refractivity contribution in [2.75, 3.05) is 7.05 Å². The second kappa shape index (κ2) is 2.84. The van der Waals surface area contributed by atoms with Crippen LogP contribution in [-0.2, 0) is 4.79 Å². The summed E-state index contributed by atoms with van der Waals surface area (Å²) in [5, 5.41) is 5.61. The number of nitrogens with one attached hydrogen (secondary N) is 2. The molecule has 3 nitrogen and oxygen atoms in total. The van der Waals surface area contributed by atoms with Crippen LogP contribution in [0.5, 0.6) is 0 Å². The van der Waals surface area contributed by atoms with E-state index in [0.29, 0.717) is 0 Å². The van der Waals surface area contributed by atoms with Gasteiger partial charge in [0.15, 0.2) is 0 Å². The standard InChI is InChI=1S/C7H12N2O/c1-5-3-4-6(8-2)7(10)9-5/h6,8H,1,3-4H2,2H3,(H,9,10). The summed E-state index contributed by atoms with van der Waals surface area (Å²) in [5.74, 6) is 0.0405. The zero-order valence-electron chi connectivity index (χ0n) is 6.11. The van der Waals surface area contributed by atoms with Gasteiger partial charge in [0.1, 0.15) is 0 Å². The molecule has 0 aliphatic carbocycles. The average molecular weight is 140 g/mol. The largest absolute Gasteiger partial charge is 0.329 e. The summed E-state index contributed by atoms with van der Waals surface area (Å²) in [7, 11) is 1.79. The quantitative estimate of drug-likeness (QED) is 0.538. The topological polar surface area (TPSA) is 41.1 Å². The lowest BCUT2D eigenvalue weighted by molar-refractivity contribution is -0.123. The molecule has 56 valence electrons. The Morgan fingerprint density at radius 1 is 1.80 bits per heavy atom. The van der Waals surface area contributed by atoms with Crippen molar-refractivity contribution in [3.63, 3.8) is 0 Å². The molecule has 0 aromatic carbocycles. The lowest BCUT2D eigenvalue weighted by Crippen LogP contribution is -2.45. The molecule has 3 heteroatoms. The van der Waals surface area contributed by atoms with Crippen LogP contribution in [0.3, 0.4) is 0 Å². The molecule has 10 heavy (non-hydrogen) atoms. The van der Waals surface area contributed by atoms with Crippen LogP contribution < -0.4 is 10.6 Å². The highest BCUT2D eigenvalue weighted by Crippen LogP contribution is 2.09. The molecule has 0 aromatic heterocycles. The Hall–Kier alpha value is -0.830. The summed E-state index contributed by atoms with van der Waals surface area (Å²) in [4.78, 5) is 11.0. The van der Waals surface area contributed by atoms with Gasteiger partial charge in [0.25, 0.3) is 0 Å². The second-order valence-corrected chi connectivity index (χ2v) is 2.47. The SMILES string of the molecule is C=C1CCC(NC)C(=O)N1. The number of carbonyl (C=O) groups is 1. The van der Waals surface area contributed by atoms with Crippen molar-refractivity contribution in [2.45, 2.75) is 18.9 Å². The maximum Gasteiger partial charge on any atom is 0.241 e. The van der Waals surface area contributed by atoms with Crippen LogP contribution in [-0.4, -0.2) is 19.0 Å². The number of hydrogen-bond donors (Lipinski definition) is 2. The zero-order valence-corrected chi connectivity index (χ0v) is 6.11. The number of hydrogen-bond acceptors (Lipinski definition) is 2. The van der Waals surface area contributed by atoms with Crippen LogP contribution in [0, 0.1) is 0 Å². The first-order valence-corrected chi connectivity index (χ1v) is 3.40. The van der Waals surface area contributed by atoms with Gasteiger partial charge in [-0.2, -0.15) is 0 Å². The van der Waals surface area contributed by atoms with Crippen molar-refractivity contribution in [2.24, 2.45) is 0 Å². The molecule has 1 saturated heterocycles. The van der Waals surface area contributed by atoms with Gasteiger partial charge in [-0.05, 0) is 19.9 Å². The number of amides is 1. The summed E-state index contributed by atoms with van der Waals surface area (Å²) in [6.45, 7) is 3.67. The molecule has 1 fully saturated rings. The lowest BCUT2D eigenvalue weighted by atomic mass is 10.1. The minimum absolute atomic E-state index is 0.0227. The molecule has 1 aliphatic heterocycles. The molecule has 1 rings (SSSR count). The predicted octanol–water partition coefficient (Wildman–Crippen LogP) is -0.00190. The zero-order chi connectivity index (χ0) is 7.56. The molecule has 1 atom stereocenters. The summed E-state index contributed by atoms with van der Waals surface area (Å²) >= 11 is 0. The molecule has 0 bridgehead atoms. The summed E-state index contributed by atoms with van der Waals surface area (Å²) < 4.78 is 0. The number of likely N-dealkylation sites (N-methyl/N-ethyl adjacent to an activating group) is 1. The molecular formula is C7H12N2O. The van der Waals surface area contributed by atoms with E-state index in [-0.39, 0.29) is 11.9 Å². The van der Waals surface area contributed by atoms with Crippen molar-refractivity contribution >= 4 is 5.91 Å². The first-order valence-electron chi connectivity index (χ1n) is 3.40. The number of rotatable bonds is 1. The van der Waals surface area contributed by atoms with E-state index in [2.05, 4.69) is 17.2 Å². The minimum atomic E-state index is -0.0227. The van der Waals surface area contributed by atoms with Gasteiger partial charge < -0.3 is 10.6 Å². The molecule has 1 unspecified atom stereocenters. The Morgan fingerprint density at radius 3 is 3.00 bits per heavy atom. The first-order chi connectivity index (χ1) is 4.74. The number of allylic oxidation sites excluding steroid dienone is 1. The van der Waals surface area contributed by atoms with E-state index in [1.54, 1.807) is 7.05 Å². The molecule has 0 spiro atoms. The van der Waals surface area contributed by atoms with E-state index in [1.807, 2.05) is 0 Å². The van der Waals surface area contributed by atoms with E-state index in [1.165, 1.54) is 0 Å². The van der Waals surface area contributed by atoms with E-state index >= 15 is 0 Å². The third kappa shape index (κ3) is 1.36. The van der Waals surface area contributed by atoms with Gasteiger partial charge in [-0.3, -0.25) is 4.79 Å². The normalized spacial score (nSPS) is 26.3. The van der Waals surface area contributed by atoms with Crippen LogP contribution in [0.15, 0.2) is 12.3 Å². The Balaban J connectivity index is 2.51. The Kier molecular flexibility index (Phi) is 2.06. The smallest absolute Gasteiger partial charge is 0.241 e. The highest BCUT2D eigenvalue weighted by atomic mass is 16.2. The predicted molar refractivity (Wildman–Crippen MR) is 39.4 cm³/mol. The second-order valence-electron chi connectivity index (χ2n) is 2.47. The maximum absolute atomic E-state index is 11.0. The third-order valence-electron chi connectivity index (χ3n) is 1.70. The van der Waals surface area contributed by atoms with E-state index in [4.69, 9.17) is 0 Å². The number of piperidine rings is 1. The van der Waals surface area contributed by atoms with Gasteiger partial charge in [0, 0.05) is 5.70 Å². The van der Waals surface area contributed by atoms with Gasteiger partial charge in [0.05, 0.1) is 6.04 Å². The van der Waals surface area contributed by atoms with E-state index in [9.17, 15) is 4.79 Å². The minimum Gasteiger partial charge on any atom is -0.329 e. The Morgan fingerprint density at radius 2 is 2.50 bits per heavy atom. The van der Waals surface area contributed by atoms with Gasteiger partial charge in [0.2, 0.25) is 5.91 Å². The monoisotopic (exact) mass is 140 g/mol. The van der Waals surface area contributed by atoms with Gasteiger partial charge in [-0.15, -0.1) is 0 Å². The Labute approximate surface area is 60.5 Å². The average Bonchev–Trinajstić information content (AvgIpc) is 1.88. The van der Waals surface area contributed by atoms with E-state index < -0.39 is 0 Å². The van der Waals surface area contributed by atoms with Crippen molar-refractivity contribution in [3.8, 4) is 0 Å². The summed E-state index contributed by atoms with van der Waals surface area (Å²) in [6, 6.07) is -0.0227. The lowest BCUT2D eigenvalue weighted by Gasteiger charge is -2.22. The molecule has 1 heterocycles. The van der Waals surface area contributed by atoms with Crippen molar-refractivity contribution in [1.82, 2.24) is 10.6 Å². The van der Waals surface area contributed by atoms with Crippen LogP contribution in [0.1, 0.15) is 12.8 Å². The van der Waals surface area contributed by atoms with Gasteiger partial charge in [-0.1, -0.05) is 6.58 Å². The van der Waals surface area contributed by atoms with Crippen LogP contribution in [0.4, 0.5) is 0 Å². The van der Waals surface area contributed by atoms with Gasteiger partial charge in [-0.25, -0.2) is 0 Å².